The molecule has 0 atom stereocenters. The van der Waals surface area contributed by atoms with Gasteiger partial charge in [0.2, 0.25) is 5.89 Å². The van der Waals surface area contributed by atoms with Crippen LogP contribution in [0.2, 0.25) is 15.1 Å². The first-order valence-corrected chi connectivity index (χ1v) is 7.45. The molecule has 2 aromatic carbocycles. The number of aromatic nitrogens is 2. The molecular weight excluding hydrogens is 363 g/mol. The van der Waals surface area contributed by atoms with Gasteiger partial charge in [-0.1, -0.05) is 40.9 Å². The van der Waals surface area contributed by atoms with Gasteiger partial charge >= 0.3 is 11.4 Å². The molecule has 1 heterocycles. The van der Waals surface area contributed by atoms with Gasteiger partial charge in [0.05, 0.1) is 21.3 Å². The maximum absolute atomic E-state index is 12.2. The molecule has 116 valence electrons. The van der Waals surface area contributed by atoms with Gasteiger partial charge in [-0.15, -0.1) is 0 Å². The lowest BCUT2D eigenvalue weighted by atomic mass is 10.2. The molecule has 0 fully saturated rings. The summed E-state index contributed by atoms with van der Waals surface area (Å²) in [6.07, 6.45) is 0. The van der Waals surface area contributed by atoms with Crippen molar-refractivity contribution in [3.8, 4) is 17.1 Å². The maximum atomic E-state index is 12.2. The summed E-state index contributed by atoms with van der Waals surface area (Å²) in [7, 11) is 0. The van der Waals surface area contributed by atoms with E-state index in [9.17, 15) is 9.59 Å². The molecule has 8 heteroatoms. The number of hydrogen-bond donors (Lipinski definition) is 0. The second-order valence-corrected chi connectivity index (χ2v) is 5.73. The Kier molecular flexibility index (Phi) is 4.26. The summed E-state index contributed by atoms with van der Waals surface area (Å²) < 4.78 is 5.90. The largest absolute Gasteiger partial charge is 0.429 e. The highest BCUT2D eigenvalue weighted by Gasteiger charge is 2.16. The summed E-state index contributed by atoms with van der Waals surface area (Å²) in [6.45, 7) is 0. The Labute approximate surface area is 144 Å². The summed E-state index contributed by atoms with van der Waals surface area (Å²) in [5.74, 6) is -1.14. The van der Waals surface area contributed by atoms with Crippen molar-refractivity contribution >= 4 is 34.8 Å². The molecular formula is C15H7Cl3N2O3. The first-order valence-electron chi connectivity index (χ1n) is 6.32. The monoisotopic (exact) mass is 368 g/mol. The summed E-state index contributed by atoms with van der Waals surface area (Å²) >= 11 is 17.9. The zero-order valence-electron chi connectivity index (χ0n) is 11.3. The van der Waals surface area contributed by atoms with Crippen LogP contribution in [-0.2, 0) is 0 Å². The highest BCUT2D eigenvalue weighted by Crippen LogP contribution is 2.32. The van der Waals surface area contributed by atoms with Crippen LogP contribution in [0.1, 0.15) is 0 Å². The summed E-state index contributed by atoms with van der Waals surface area (Å²) in [5, 5.41) is 0.909. The lowest BCUT2D eigenvalue weighted by Crippen LogP contribution is -2.33. The van der Waals surface area contributed by atoms with Crippen molar-refractivity contribution in [2.45, 2.75) is 0 Å². The maximum Gasteiger partial charge on any atom is 0.429 e. The third kappa shape index (κ3) is 3.03. The van der Waals surface area contributed by atoms with Crippen molar-refractivity contribution in [3.63, 3.8) is 0 Å². The van der Waals surface area contributed by atoms with Crippen LogP contribution in [0, 0.1) is 0 Å². The molecule has 3 rings (SSSR count). The number of halogens is 3. The molecule has 0 saturated carbocycles. The van der Waals surface area contributed by atoms with Crippen LogP contribution in [-0.4, -0.2) is 9.55 Å². The normalized spacial score (nSPS) is 10.7. The van der Waals surface area contributed by atoms with Crippen LogP contribution >= 0.6 is 34.8 Å². The van der Waals surface area contributed by atoms with E-state index in [2.05, 4.69) is 4.98 Å². The number of hydrogen-bond acceptors (Lipinski definition) is 4. The van der Waals surface area contributed by atoms with Crippen LogP contribution in [0.5, 0.6) is 0 Å². The fourth-order valence-electron chi connectivity index (χ4n) is 1.98. The Morgan fingerprint density at radius 2 is 1.52 bits per heavy atom. The summed E-state index contributed by atoms with van der Waals surface area (Å²) in [6, 6.07) is 10.8. The molecule has 0 bridgehead atoms. The average molecular weight is 370 g/mol. The van der Waals surface area contributed by atoms with Gasteiger partial charge in [0, 0.05) is 5.02 Å². The lowest BCUT2D eigenvalue weighted by Gasteiger charge is -2.06. The third-order valence-electron chi connectivity index (χ3n) is 3.02. The standard InChI is InChI=1S/C15H7Cl3N2O3/c16-8-4-6-9(7-5-8)20-14(21)19-13(23-15(20)22)12-10(17)2-1-3-11(12)18/h1-7H. The minimum atomic E-state index is -0.904. The Morgan fingerprint density at radius 1 is 0.913 bits per heavy atom. The SMILES string of the molecule is O=c1nc(-c2c(Cl)cccc2Cl)oc(=O)n1-c1ccc(Cl)cc1. The van der Waals surface area contributed by atoms with Gasteiger partial charge in [-0.05, 0) is 36.4 Å². The minimum Gasteiger partial charge on any atom is -0.390 e. The van der Waals surface area contributed by atoms with Crippen LogP contribution in [0.25, 0.3) is 17.1 Å². The lowest BCUT2D eigenvalue weighted by molar-refractivity contribution is 0.448. The minimum absolute atomic E-state index is 0.188. The highest BCUT2D eigenvalue weighted by molar-refractivity contribution is 6.38. The van der Waals surface area contributed by atoms with Gasteiger partial charge in [0.1, 0.15) is 0 Å². The summed E-state index contributed by atoms with van der Waals surface area (Å²) in [4.78, 5) is 28.2. The molecule has 0 N–H and O–H groups in total. The zero-order valence-corrected chi connectivity index (χ0v) is 13.6. The van der Waals surface area contributed by atoms with Crippen molar-refractivity contribution in [2.24, 2.45) is 0 Å². The van der Waals surface area contributed by atoms with Crippen LogP contribution in [0.3, 0.4) is 0 Å². The molecule has 0 aliphatic carbocycles. The van der Waals surface area contributed by atoms with E-state index < -0.39 is 11.4 Å². The summed E-state index contributed by atoms with van der Waals surface area (Å²) in [5.41, 5.74) is -0.333. The van der Waals surface area contributed by atoms with Gasteiger partial charge in [-0.3, -0.25) is 0 Å². The first kappa shape index (κ1) is 15.8. The molecule has 23 heavy (non-hydrogen) atoms. The van der Waals surface area contributed by atoms with E-state index in [1.54, 1.807) is 30.3 Å². The van der Waals surface area contributed by atoms with Crippen molar-refractivity contribution in [3.05, 3.63) is 78.6 Å². The Morgan fingerprint density at radius 3 is 2.09 bits per heavy atom. The molecule has 5 nitrogen and oxygen atoms in total. The molecule has 0 radical (unpaired) electrons. The third-order valence-corrected chi connectivity index (χ3v) is 3.90. The molecule has 0 aliphatic heterocycles. The molecule has 0 aliphatic rings. The van der Waals surface area contributed by atoms with E-state index in [0.29, 0.717) is 5.02 Å². The predicted molar refractivity (Wildman–Crippen MR) is 88.8 cm³/mol. The van der Waals surface area contributed by atoms with Gasteiger partial charge in [-0.25, -0.2) is 9.59 Å². The van der Waals surface area contributed by atoms with E-state index in [4.69, 9.17) is 39.2 Å². The average Bonchev–Trinajstić information content (AvgIpc) is 2.48. The quantitative estimate of drug-likeness (QED) is 0.689. The number of nitrogens with zero attached hydrogens (tertiary/aromatic N) is 2. The van der Waals surface area contributed by atoms with Crippen LogP contribution in [0.15, 0.2) is 56.5 Å². The predicted octanol–water partition coefficient (Wildman–Crippen LogP) is 3.81. The number of benzene rings is 2. The molecule has 0 saturated heterocycles. The second-order valence-electron chi connectivity index (χ2n) is 4.48. The second kappa shape index (κ2) is 6.20. The van der Waals surface area contributed by atoms with E-state index >= 15 is 0 Å². The van der Waals surface area contributed by atoms with E-state index in [-0.39, 0.29) is 27.2 Å². The van der Waals surface area contributed by atoms with Gasteiger partial charge in [0.15, 0.2) is 0 Å². The first-order chi connectivity index (χ1) is 11.0. The van der Waals surface area contributed by atoms with Gasteiger partial charge in [-0.2, -0.15) is 9.55 Å². The van der Waals surface area contributed by atoms with Gasteiger partial charge < -0.3 is 4.42 Å². The van der Waals surface area contributed by atoms with E-state index in [1.807, 2.05) is 0 Å². The van der Waals surface area contributed by atoms with Gasteiger partial charge in [0.25, 0.3) is 0 Å². The molecule has 1 aromatic heterocycles. The van der Waals surface area contributed by atoms with Crippen molar-refractivity contribution in [2.75, 3.05) is 0 Å². The molecule has 3 aromatic rings. The Hall–Kier alpha value is -2.08. The highest BCUT2D eigenvalue weighted by atomic mass is 35.5. The fraction of sp³-hybridized carbons (Fsp3) is 0. The van der Waals surface area contributed by atoms with E-state index in [0.717, 1.165) is 4.57 Å². The van der Waals surface area contributed by atoms with Crippen molar-refractivity contribution in [1.29, 1.82) is 0 Å². The fourth-order valence-corrected chi connectivity index (χ4v) is 2.67. The van der Waals surface area contributed by atoms with E-state index in [1.165, 1.54) is 12.1 Å². The van der Waals surface area contributed by atoms with Crippen LogP contribution in [0.4, 0.5) is 0 Å². The molecule has 0 amide bonds. The van der Waals surface area contributed by atoms with Crippen molar-refractivity contribution in [1.82, 2.24) is 9.55 Å². The Bertz CT molecular complexity index is 943. The smallest absolute Gasteiger partial charge is 0.390 e. The Balaban J connectivity index is 2.21. The topological polar surface area (TPSA) is 65.1 Å². The molecule has 0 unspecified atom stereocenters. The van der Waals surface area contributed by atoms with Crippen molar-refractivity contribution < 1.29 is 4.42 Å². The zero-order chi connectivity index (χ0) is 16.6. The molecule has 0 spiro atoms. The number of rotatable bonds is 2. The van der Waals surface area contributed by atoms with Crippen LogP contribution < -0.4 is 11.4 Å².